The van der Waals surface area contributed by atoms with Crippen LogP contribution < -0.4 is 0 Å². The monoisotopic (exact) mass is 1200 g/mol. The first-order valence-electron chi connectivity index (χ1n) is 30.0. The molecule has 5 heterocycles. The summed E-state index contributed by atoms with van der Waals surface area (Å²) >= 11 is 0. The molecule has 84 heavy (non-hydrogen) atoms. The molecule has 32 atom stereocenters. The lowest BCUT2D eigenvalue weighted by Gasteiger charge is -2.71. The van der Waals surface area contributed by atoms with Gasteiger partial charge >= 0.3 is 5.97 Å². The summed E-state index contributed by atoms with van der Waals surface area (Å²) in [5.41, 5.74) is -0.246. The van der Waals surface area contributed by atoms with E-state index in [4.69, 9.17) is 47.4 Å². The van der Waals surface area contributed by atoms with Crippen LogP contribution in [0.3, 0.4) is 0 Å². The number of hydrogen-bond donors (Lipinski definition) is 15. The lowest BCUT2D eigenvalue weighted by atomic mass is 9.34. The Balaban J connectivity index is 0.815. The molecule has 26 heteroatoms. The molecule has 32 unspecified atom stereocenters. The summed E-state index contributed by atoms with van der Waals surface area (Å²) in [4.78, 5) is 15.1. The number of aliphatic hydroxyl groups excluding tert-OH is 15. The predicted octanol–water partition coefficient (Wildman–Crippen LogP) is -3.01. The number of rotatable bonds is 13. The van der Waals surface area contributed by atoms with E-state index in [9.17, 15) is 76.6 Å². The Morgan fingerprint density at radius 2 is 1.19 bits per heavy atom. The zero-order valence-electron chi connectivity index (χ0n) is 48.5. The first-order chi connectivity index (χ1) is 39.5. The maximum Gasteiger partial charge on any atom is 0.315 e. The number of esters is 1. The van der Waals surface area contributed by atoms with Crippen molar-refractivity contribution in [3.63, 3.8) is 0 Å². The van der Waals surface area contributed by atoms with Crippen molar-refractivity contribution < 1.29 is 129 Å². The van der Waals surface area contributed by atoms with Gasteiger partial charge in [0.15, 0.2) is 25.2 Å². The topological polar surface area (TPSA) is 413 Å². The Hall–Kier alpha value is -2.01. The van der Waals surface area contributed by atoms with Crippen LogP contribution in [0.1, 0.15) is 106 Å². The highest BCUT2D eigenvalue weighted by Crippen LogP contribution is 2.75. The molecular weight excluding hydrogens is 1110 g/mol. The van der Waals surface area contributed by atoms with Crippen LogP contribution in [-0.2, 0) is 52.2 Å². The third-order valence-electron chi connectivity index (χ3n) is 22.5. The van der Waals surface area contributed by atoms with Gasteiger partial charge in [-0.3, -0.25) is 4.79 Å². The molecule has 4 saturated carbocycles. The van der Waals surface area contributed by atoms with Crippen LogP contribution in [0.4, 0.5) is 0 Å². The van der Waals surface area contributed by atoms with Gasteiger partial charge in [-0.15, -0.1) is 0 Å². The van der Waals surface area contributed by atoms with Gasteiger partial charge in [-0.25, -0.2) is 0 Å². The van der Waals surface area contributed by atoms with E-state index >= 15 is 4.79 Å². The largest absolute Gasteiger partial charge is 0.432 e. The van der Waals surface area contributed by atoms with Gasteiger partial charge < -0.3 is 124 Å². The smallest absolute Gasteiger partial charge is 0.315 e. The minimum Gasteiger partial charge on any atom is -0.432 e. The first kappa shape index (κ1) is 65.0. The number of allylic oxidation sites excluding steroid dienone is 3. The molecule has 0 amide bonds. The predicted molar refractivity (Wildman–Crippen MR) is 283 cm³/mol. The van der Waals surface area contributed by atoms with Crippen LogP contribution in [0.5, 0.6) is 0 Å². The van der Waals surface area contributed by atoms with E-state index < -0.39 is 190 Å². The third-order valence-corrected chi connectivity index (χ3v) is 22.5. The molecule has 0 radical (unpaired) electrons. The minimum absolute atomic E-state index is 0.132. The van der Waals surface area contributed by atoms with Crippen molar-refractivity contribution in [2.75, 3.05) is 26.4 Å². The highest BCUT2D eigenvalue weighted by molar-refractivity contribution is 5.79. The van der Waals surface area contributed by atoms with Gasteiger partial charge in [-0.05, 0) is 105 Å². The average molecular weight is 1210 g/mol. The highest BCUT2D eigenvalue weighted by Gasteiger charge is 2.70. The molecule has 10 rings (SSSR count). The van der Waals surface area contributed by atoms with Gasteiger partial charge in [0.05, 0.1) is 44.1 Å². The number of fused-ring (bicyclic) bond motifs is 7. The molecule has 480 valence electrons. The SMILES string of the molecule is C=C1CCC2(C(=O)OC3OC(COC4OC(CO)C(OC5OC(C)C(O)C(O)C5O)C(O)C4O)C(O)C(O)C3O)CCC3(C)C(=CCC4C5(C)CCC(OC6OCC(O)C(O)C6OC6OC(CO)C(O)C(O)C6O)C(C)(C)C5CCC43C)C2C1. The molecular formula is C58H92O26. The quantitative estimate of drug-likeness (QED) is 0.0496. The van der Waals surface area contributed by atoms with Gasteiger partial charge in [0, 0.05) is 5.92 Å². The van der Waals surface area contributed by atoms with Crippen molar-refractivity contribution >= 4 is 5.97 Å². The Bertz CT molecular complexity index is 2360. The minimum atomic E-state index is -1.90. The van der Waals surface area contributed by atoms with Crippen LogP contribution in [-0.4, -0.2) is 263 Å². The highest BCUT2D eigenvalue weighted by atomic mass is 16.8. The summed E-state index contributed by atoms with van der Waals surface area (Å²) in [6.45, 7) is 14.8. The lowest BCUT2D eigenvalue weighted by Crippen LogP contribution is -2.66. The van der Waals surface area contributed by atoms with Crippen molar-refractivity contribution in [3.8, 4) is 0 Å². The van der Waals surface area contributed by atoms with E-state index in [2.05, 4.69) is 47.3 Å². The summed E-state index contributed by atoms with van der Waals surface area (Å²) in [5, 5.41) is 160. The molecule has 5 saturated heterocycles. The van der Waals surface area contributed by atoms with Gasteiger partial charge in [0.1, 0.15) is 110 Å². The molecule has 0 aromatic heterocycles. The van der Waals surface area contributed by atoms with Crippen molar-refractivity contribution in [3.05, 3.63) is 23.8 Å². The van der Waals surface area contributed by atoms with E-state index in [1.165, 1.54) is 6.92 Å². The molecule has 0 spiro atoms. The average Bonchev–Trinajstić information content (AvgIpc) is 0.746. The number of aliphatic hydroxyl groups is 15. The van der Waals surface area contributed by atoms with E-state index in [0.29, 0.717) is 38.5 Å². The first-order valence-corrected chi connectivity index (χ1v) is 30.0. The third kappa shape index (κ3) is 10.8. The molecule has 5 aliphatic carbocycles. The molecule has 9 fully saturated rings. The van der Waals surface area contributed by atoms with Gasteiger partial charge in [0.25, 0.3) is 0 Å². The van der Waals surface area contributed by atoms with Gasteiger partial charge in [-0.2, -0.15) is 0 Å². The second kappa shape index (κ2) is 24.3. The standard InChI is InChI=1S/C58H92O26/c1-23-10-15-58(53(74)84-51-44(72)40(68)37(65)30(80-51)22-76-48-45(73)41(69)46(29(20-60)79-48)82-49-42(70)38(66)34(62)24(2)77-49)17-16-56(6)25(26(58)18-23)8-9-32-55(5)13-12-33(54(3,4)31(55)11-14-57(32,56)7)81-52-47(35(63)27(61)21-75-52)83-50-43(71)39(67)36(64)28(19-59)78-50/h8,24,26-52,59-73H,1,9-22H2,2-7H3. The van der Waals surface area contributed by atoms with Gasteiger partial charge in [0.2, 0.25) is 6.29 Å². The Labute approximate surface area is 487 Å². The van der Waals surface area contributed by atoms with E-state index in [0.717, 1.165) is 36.8 Å². The fourth-order valence-electron chi connectivity index (χ4n) is 17.1. The lowest BCUT2D eigenvalue weighted by molar-refractivity contribution is -0.367. The zero-order chi connectivity index (χ0) is 61.1. The number of ether oxygens (including phenoxy) is 10. The Morgan fingerprint density at radius 1 is 0.595 bits per heavy atom. The maximum atomic E-state index is 15.1. The van der Waals surface area contributed by atoms with Crippen LogP contribution in [0.15, 0.2) is 23.8 Å². The number of carbonyl (C=O) groups is 1. The Kier molecular flexibility index (Phi) is 18.8. The van der Waals surface area contributed by atoms with Crippen LogP contribution in [0, 0.1) is 44.8 Å². The van der Waals surface area contributed by atoms with Crippen LogP contribution in [0.25, 0.3) is 0 Å². The van der Waals surface area contributed by atoms with Crippen molar-refractivity contribution in [2.45, 2.75) is 259 Å². The fraction of sp³-hybridized carbons (Fsp3) is 0.914. The summed E-state index contributed by atoms with van der Waals surface area (Å²) in [5.74, 6) is -0.645. The van der Waals surface area contributed by atoms with E-state index in [1.807, 2.05) is 0 Å². The molecule has 5 aliphatic heterocycles. The zero-order valence-corrected chi connectivity index (χ0v) is 48.5. The Morgan fingerprint density at radius 3 is 1.87 bits per heavy atom. The fourth-order valence-corrected chi connectivity index (χ4v) is 17.1. The second-order valence-electron chi connectivity index (χ2n) is 27.2. The maximum absolute atomic E-state index is 15.1. The molecule has 10 aliphatic rings. The van der Waals surface area contributed by atoms with Crippen LogP contribution >= 0.6 is 0 Å². The number of carbonyl (C=O) groups excluding carboxylic acids is 1. The molecule has 0 aromatic rings. The molecule has 26 nitrogen and oxygen atoms in total. The number of hydrogen-bond acceptors (Lipinski definition) is 26. The normalized spacial score (nSPS) is 54.0. The summed E-state index contributed by atoms with van der Waals surface area (Å²) < 4.78 is 59.2. The summed E-state index contributed by atoms with van der Waals surface area (Å²) in [6, 6.07) is 0. The van der Waals surface area contributed by atoms with Crippen LogP contribution in [0.2, 0.25) is 0 Å². The second-order valence-corrected chi connectivity index (χ2v) is 27.2. The van der Waals surface area contributed by atoms with E-state index in [1.54, 1.807) is 0 Å². The molecule has 0 aromatic carbocycles. The molecule has 0 bridgehead atoms. The van der Waals surface area contributed by atoms with Crippen molar-refractivity contribution in [1.82, 2.24) is 0 Å². The summed E-state index contributed by atoms with van der Waals surface area (Å²) in [6.07, 6.45) is -30.2. The van der Waals surface area contributed by atoms with Gasteiger partial charge in [-0.1, -0.05) is 58.4 Å². The molecule has 15 N–H and O–H groups in total. The van der Waals surface area contributed by atoms with E-state index in [-0.39, 0.29) is 40.6 Å². The van der Waals surface area contributed by atoms with Crippen molar-refractivity contribution in [2.24, 2.45) is 44.8 Å². The summed E-state index contributed by atoms with van der Waals surface area (Å²) in [7, 11) is 0. The van der Waals surface area contributed by atoms with Crippen molar-refractivity contribution in [1.29, 1.82) is 0 Å².